The number of carbonyl (C=O) groups excluding carboxylic acids is 2. The van der Waals surface area contributed by atoms with Gasteiger partial charge in [0.1, 0.15) is 17.6 Å². The van der Waals surface area contributed by atoms with E-state index in [1.807, 2.05) is 0 Å². The first kappa shape index (κ1) is 14.3. The molecule has 2 aromatic rings. The van der Waals surface area contributed by atoms with Gasteiger partial charge in [-0.05, 0) is 29.8 Å². The molecule has 0 fully saturated rings. The number of hydrogen-bond donors (Lipinski definition) is 1. The highest BCUT2D eigenvalue weighted by molar-refractivity contribution is 5.97. The van der Waals surface area contributed by atoms with Crippen molar-refractivity contribution in [3.63, 3.8) is 0 Å². The minimum absolute atomic E-state index is 0.168. The van der Waals surface area contributed by atoms with Crippen molar-refractivity contribution in [2.45, 2.75) is 19.1 Å². The van der Waals surface area contributed by atoms with E-state index in [4.69, 9.17) is 0 Å². The van der Waals surface area contributed by atoms with Crippen molar-refractivity contribution in [3.8, 4) is 0 Å². The SMILES string of the molecule is CN1C(=O)c2cccn2CC1C(=O)NCc1ccc(F)cc1. The van der Waals surface area contributed by atoms with E-state index in [2.05, 4.69) is 5.32 Å². The van der Waals surface area contributed by atoms with Crippen LogP contribution in [0.25, 0.3) is 0 Å². The predicted molar refractivity (Wildman–Crippen MR) is 78.6 cm³/mol. The Morgan fingerprint density at radius 1 is 1.32 bits per heavy atom. The van der Waals surface area contributed by atoms with Gasteiger partial charge in [0.05, 0.1) is 6.54 Å². The fourth-order valence-corrected chi connectivity index (χ4v) is 2.57. The van der Waals surface area contributed by atoms with Crippen LogP contribution in [0.2, 0.25) is 0 Å². The zero-order chi connectivity index (χ0) is 15.7. The summed E-state index contributed by atoms with van der Waals surface area (Å²) >= 11 is 0. The average Bonchev–Trinajstić information content (AvgIpc) is 2.98. The maximum Gasteiger partial charge on any atom is 0.270 e. The van der Waals surface area contributed by atoms with Gasteiger partial charge in [0.2, 0.25) is 5.91 Å². The lowest BCUT2D eigenvalue weighted by atomic mass is 10.1. The molecule has 6 heteroatoms. The van der Waals surface area contributed by atoms with Crippen LogP contribution in [0.5, 0.6) is 0 Å². The Morgan fingerprint density at radius 3 is 2.77 bits per heavy atom. The second-order valence-corrected chi connectivity index (χ2v) is 5.32. The lowest BCUT2D eigenvalue weighted by molar-refractivity contribution is -0.126. The first-order valence-electron chi connectivity index (χ1n) is 7.01. The summed E-state index contributed by atoms with van der Waals surface area (Å²) in [5.74, 6) is -0.703. The van der Waals surface area contributed by atoms with Gasteiger partial charge in [-0.25, -0.2) is 4.39 Å². The van der Waals surface area contributed by atoms with E-state index < -0.39 is 6.04 Å². The lowest BCUT2D eigenvalue weighted by Crippen LogP contribution is -2.53. The Kier molecular flexibility index (Phi) is 3.66. The highest BCUT2D eigenvalue weighted by Gasteiger charge is 2.33. The van der Waals surface area contributed by atoms with Crippen LogP contribution in [-0.2, 0) is 17.9 Å². The fourth-order valence-electron chi connectivity index (χ4n) is 2.57. The number of nitrogens with zero attached hydrogens (tertiary/aromatic N) is 2. The third-order valence-electron chi connectivity index (χ3n) is 3.89. The van der Waals surface area contributed by atoms with Crippen LogP contribution in [0, 0.1) is 5.82 Å². The molecule has 0 saturated carbocycles. The molecule has 3 rings (SSSR count). The van der Waals surface area contributed by atoms with E-state index in [0.29, 0.717) is 18.8 Å². The molecular weight excluding hydrogens is 285 g/mol. The maximum absolute atomic E-state index is 12.8. The monoisotopic (exact) mass is 301 g/mol. The molecule has 1 aliphatic rings. The summed E-state index contributed by atoms with van der Waals surface area (Å²) < 4.78 is 14.6. The van der Waals surface area contributed by atoms with Crippen molar-refractivity contribution in [1.82, 2.24) is 14.8 Å². The largest absolute Gasteiger partial charge is 0.350 e. The van der Waals surface area contributed by atoms with Gasteiger partial charge in [0, 0.05) is 19.8 Å². The molecule has 1 aromatic carbocycles. The lowest BCUT2D eigenvalue weighted by Gasteiger charge is -2.32. The molecule has 1 aromatic heterocycles. The van der Waals surface area contributed by atoms with Gasteiger partial charge >= 0.3 is 0 Å². The van der Waals surface area contributed by atoms with E-state index >= 15 is 0 Å². The minimum atomic E-state index is -0.548. The number of rotatable bonds is 3. The number of benzene rings is 1. The summed E-state index contributed by atoms with van der Waals surface area (Å²) in [5, 5.41) is 2.79. The van der Waals surface area contributed by atoms with Crippen molar-refractivity contribution >= 4 is 11.8 Å². The van der Waals surface area contributed by atoms with E-state index in [0.717, 1.165) is 5.56 Å². The maximum atomic E-state index is 12.8. The normalized spacial score (nSPS) is 17.3. The Bertz CT molecular complexity index is 708. The number of likely N-dealkylation sites (N-methyl/N-ethyl adjacent to an activating group) is 1. The van der Waals surface area contributed by atoms with Crippen LogP contribution >= 0.6 is 0 Å². The Hall–Kier alpha value is -2.63. The van der Waals surface area contributed by atoms with Gasteiger partial charge in [-0.1, -0.05) is 12.1 Å². The van der Waals surface area contributed by atoms with Crippen LogP contribution in [0.15, 0.2) is 42.6 Å². The minimum Gasteiger partial charge on any atom is -0.350 e. The molecule has 0 spiro atoms. The summed E-state index contributed by atoms with van der Waals surface area (Å²) in [6, 6.07) is 8.93. The van der Waals surface area contributed by atoms with Gasteiger partial charge in [-0.2, -0.15) is 0 Å². The van der Waals surface area contributed by atoms with Crippen LogP contribution in [0.3, 0.4) is 0 Å². The molecule has 114 valence electrons. The van der Waals surface area contributed by atoms with E-state index in [9.17, 15) is 14.0 Å². The molecule has 5 nitrogen and oxygen atoms in total. The molecule has 1 atom stereocenters. The number of aromatic nitrogens is 1. The molecule has 1 unspecified atom stereocenters. The van der Waals surface area contributed by atoms with E-state index in [-0.39, 0.29) is 17.6 Å². The number of carbonyl (C=O) groups is 2. The highest BCUT2D eigenvalue weighted by atomic mass is 19.1. The van der Waals surface area contributed by atoms with Gasteiger partial charge in [0.25, 0.3) is 5.91 Å². The van der Waals surface area contributed by atoms with Gasteiger partial charge < -0.3 is 14.8 Å². The Labute approximate surface area is 127 Å². The van der Waals surface area contributed by atoms with Crippen LogP contribution in [0.4, 0.5) is 4.39 Å². The summed E-state index contributed by atoms with van der Waals surface area (Å²) in [6.45, 7) is 0.732. The Morgan fingerprint density at radius 2 is 2.05 bits per heavy atom. The zero-order valence-electron chi connectivity index (χ0n) is 12.1. The number of amides is 2. The number of hydrogen-bond acceptors (Lipinski definition) is 2. The topological polar surface area (TPSA) is 54.3 Å². The van der Waals surface area contributed by atoms with Gasteiger partial charge in [-0.15, -0.1) is 0 Å². The molecule has 0 bridgehead atoms. The van der Waals surface area contributed by atoms with Crippen molar-refractivity contribution in [2.24, 2.45) is 0 Å². The molecule has 22 heavy (non-hydrogen) atoms. The average molecular weight is 301 g/mol. The van der Waals surface area contributed by atoms with Gasteiger partial charge in [-0.3, -0.25) is 9.59 Å². The summed E-state index contributed by atoms with van der Waals surface area (Å²) in [6.07, 6.45) is 1.79. The molecule has 0 saturated heterocycles. The van der Waals surface area contributed by atoms with E-state index in [1.165, 1.54) is 17.0 Å². The fraction of sp³-hybridized carbons (Fsp3) is 0.250. The standard InChI is InChI=1S/C16H16FN3O2/c1-19-14(10-20-8-2-3-13(20)16(19)22)15(21)18-9-11-4-6-12(17)7-5-11/h2-8,14H,9-10H2,1H3,(H,18,21). The first-order chi connectivity index (χ1) is 10.6. The molecule has 1 aliphatic heterocycles. The number of nitrogens with one attached hydrogen (secondary N) is 1. The Balaban J connectivity index is 1.67. The molecule has 2 amide bonds. The number of fused-ring (bicyclic) bond motifs is 1. The molecule has 0 aliphatic carbocycles. The quantitative estimate of drug-likeness (QED) is 0.931. The second-order valence-electron chi connectivity index (χ2n) is 5.32. The second kappa shape index (κ2) is 5.63. The zero-order valence-corrected chi connectivity index (χ0v) is 12.1. The van der Waals surface area contributed by atoms with Crippen molar-refractivity contribution in [2.75, 3.05) is 7.05 Å². The smallest absolute Gasteiger partial charge is 0.270 e. The highest BCUT2D eigenvalue weighted by Crippen LogP contribution is 2.17. The van der Waals surface area contributed by atoms with Crippen LogP contribution in [-0.4, -0.2) is 34.4 Å². The third-order valence-corrected chi connectivity index (χ3v) is 3.89. The molecular formula is C16H16FN3O2. The third kappa shape index (κ3) is 2.59. The predicted octanol–water partition coefficient (Wildman–Crippen LogP) is 1.40. The van der Waals surface area contributed by atoms with Gasteiger partial charge in [0.15, 0.2) is 0 Å². The van der Waals surface area contributed by atoms with Crippen molar-refractivity contribution in [1.29, 1.82) is 0 Å². The summed E-state index contributed by atoms with van der Waals surface area (Å²) in [4.78, 5) is 26.0. The molecule has 1 N–H and O–H groups in total. The summed E-state index contributed by atoms with van der Waals surface area (Å²) in [5.41, 5.74) is 1.39. The summed E-state index contributed by atoms with van der Waals surface area (Å²) in [7, 11) is 1.63. The number of halogens is 1. The van der Waals surface area contributed by atoms with Crippen molar-refractivity contribution in [3.05, 3.63) is 59.7 Å². The molecule has 0 radical (unpaired) electrons. The van der Waals surface area contributed by atoms with Crippen LogP contribution in [0.1, 0.15) is 16.1 Å². The van der Waals surface area contributed by atoms with E-state index in [1.54, 1.807) is 42.1 Å². The first-order valence-corrected chi connectivity index (χ1v) is 7.01. The van der Waals surface area contributed by atoms with Crippen molar-refractivity contribution < 1.29 is 14.0 Å². The van der Waals surface area contributed by atoms with Crippen LogP contribution < -0.4 is 5.32 Å². The molecule has 2 heterocycles.